The largest absolute Gasteiger partial charge is 0.497 e. The number of ether oxygens (including phenoxy) is 1. The van der Waals surface area contributed by atoms with Crippen molar-refractivity contribution in [3.8, 4) is 22.6 Å². The summed E-state index contributed by atoms with van der Waals surface area (Å²) >= 11 is 0. The molecule has 1 N–H and O–H groups in total. The molecule has 1 aliphatic heterocycles. The molecule has 184 valence electrons. The Morgan fingerprint density at radius 1 is 1.11 bits per heavy atom. The van der Waals surface area contributed by atoms with E-state index in [0.29, 0.717) is 23.5 Å². The Morgan fingerprint density at radius 2 is 1.89 bits per heavy atom. The van der Waals surface area contributed by atoms with Crippen LogP contribution in [0.25, 0.3) is 16.8 Å². The lowest BCUT2D eigenvalue weighted by Crippen LogP contribution is -2.21. The van der Waals surface area contributed by atoms with Crippen molar-refractivity contribution in [3.63, 3.8) is 0 Å². The molecule has 1 unspecified atom stereocenters. The second kappa shape index (κ2) is 10.0. The highest BCUT2D eigenvalue weighted by Crippen LogP contribution is 2.32. The highest BCUT2D eigenvalue weighted by molar-refractivity contribution is 5.97. The van der Waals surface area contributed by atoms with Gasteiger partial charge in [-0.3, -0.25) is 9.36 Å². The molecule has 6 nitrogen and oxygen atoms in total. The maximum Gasteiger partial charge on any atom is 0.183 e. The van der Waals surface area contributed by atoms with Crippen molar-refractivity contribution in [3.05, 3.63) is 101 Å². The quantitative estimate of drug-likeness (QED) is 0.409. The number of carbonyl (C=O) groups excluding carboxylic acids is 1. The van der Waals surface area contributed by atoms with Crippen LogP contribution in [-0.2, 0) is 13.1 Å². The first-order valence-electron chi connectivity index (χ1n) is 11.9. The number of rotatable bonds is 6. The molecule has 1 aliphatic rings. The van der Waals surface area contributed by atoms with Gasteiger partial charge in [0.1, 0.15) is 23.6 Å². The molecule has 1 aromatic heterocycles. The normalized spacial score (nSPS) is 15.6. The summed E-state index contributed by atoms with van der Waals surface area (Å²) < 4.78 is 22.5. The van der Waals surface area contributed by atoms with Crippen LogP contribution >= 0.6 is 0 Å². The Bertz CT molecular complexity index is 1390. The van der Waals surface area contributed by atoms with Crippen molar-refractivity contribution < 1.29 is 13.9 Å². The van der Waals surface area contributed by atoms with Crippen LogP contribution < -0.4 is 10.1 Å². The first kappa shape index (κ1) is 23.9. The van der Waals surface area contributed by atoms with Gasteiger partial charge in [0.25, 0.3) is 0 Å². The molecule has 0 fully saturated rings. The van der Waals surface area contributed by atoms with E-state index in [1.807, 2.05) is 62.6 Å². The van der Waals surface area contributed by atoms with Crippen LogP contribution in [0.4, 0.5) is 4.39 Å². The van der Waals surface area contributed by atoms with Gasteiger partial charge in [0, 0.05) is 36.8 Å². The van der Waals surface area contributed by atoms with Crippen LogP contribution in [0.5, 0.6) is 5.75 Å². The van der Waals surface area contributed by atoms with E-state index in [2.05, 4.69) is 21.3 Å². The molecule has 4 aromatic rings. The number of methoxy groups -OCH3 is 1. The van der Waals surface area contributed by atoms with E-state index in [4.69, 9.17) is 4.74 Å². The van der Waals surface area contributed by atoms with Gasteiger partial charge in [-0.05, 0) is 61.1 Å². The SMILES string of the molecule is COc1ccc(-n2cnc3c2C(=O)CC(c2ccc(-c4ccccc4CN(C)C)cc2F)NC3)cc1. The van der Waals surface area contributed by atoms with Crippen molar-refractivity contribution in [1.29, 1.82) is 0 Å². The van der Waals surface area contributed by atoms with Crippen LogP contribution in [0.3, 0.4) is 0 Å². The summed E-state index contributed by atoms with van der Waals surface area (Å²) in [5.41, 5.74) is 5.46. The van der Waals surface area contributed by atoms with E-state index in [-0.39, 0.29) is 18.0 Å². The zero-order valence-corrected chi connectivity index (χ0v) is 20.7. The minimum absolute atomic E-state index is 0.0758. The second-order valence-electron chi connectivity index (χ2n) is 9.30. The fraction of sp³-hybridized carbons (Fsp3) is 0.241. The molecule has 0 aliphatic carbocycles. The van der Waals surface area contributed by atoms with Crippen molar-refractivity contribution in [2.45, 2.75) is 25.6 Å². The fourth-order valence-corrected chi connectivity index (χ4v) is 4.80. The summed E-state index contributed by atoms with van der Waals surface area (Å²) in [7, 11) is 5.64. The molecule has 7 heteroatoms. The number of aromatic nitrogens is 2. The van der Waals surface area contributed by atoms with Gasteiger partial charge >= 0.3 is 0 Å². The lowest BCUT2D eigenvalue weighted by molar-refractivity contribution is 0.0966. The smallest absolute Gasteiger partial charge is 0.183 e. The number of fused-ring (bicyclic) bond motifs is 1. The highest BCUT2D eigenvalue weighted by atomic mass is 19.1. The Hall–Kier alpha value is -3.81. The Morgan fingerprint density at radius 3 is 2.61 bits per heavy atom. The molecule has 0 amide bonds. The molecule has 5 rings (SSSR count). The topological polar surface area (TPSA) is 59.4 Å². The zero-order valence-electron chi connectivity index (χ0n) is 20.7. The average molecular weight is 485 g/mol. The van der Waals surface area contributed by atoms with E-state index in [1.54, 1.807) is 30.1 Å². The van der Waals surface area contributed by atoms with Gasteiger partial charge in [-0.2, -0.15) is 0 Å². The maximum atomic E-state index is 15.5. The van der Waals surface area contributed by atoms with Crippen molar-refractivity contribution in [2.75, 3.05) is 21.2 Å². The van der Waals surface area contributed by atoms with Gasteiger partial charge < -0.3 is 15.0 Å². The minimum Gasteiger partial charge on any atom is -0.497 e. The van der Waals surface area contributed by atoms with E-state index >= 15 is 4.39 Å². The summed E-state index contributed by atoms with van der Waals surface area (Å²) in [5.74, 6) is 0.337. The van der Waals surface area contributed by atoms with Crippen molar-refractivity contribution in [1.82, 2.24) is 19.8 Å². The molecule has 3 aromatic carbocycles. The standard InChI is InChI=1S/C29H29FN4O2/c1-33(2)17-20-6-4-5-7-23(20)19-8-13-24(25(30)14-19)26-15-28(35)29-27(16-31-26)32-18-34(29)21-9-11-22(36-3)12-10-21/h4-14,18,26,31H,15-17H2,1-3H3. The Labute approximate surface area is 210 Å². The van der Waals surface area contributed by atoms with Crippen LogP contribution in [0.1, 0.15) is 39.8 Å². The van der Waals surface area contributed by atoms with E-state index in [1.165, 1.54) is 0 Å². The lowest BCUT2D eigenvalue weighted by Gasteiger charge is -2.18. The molecule has 1 atom stereocenters. The molecule has 0 spiro atoms. The Balaban J connectivity index is 1.41. The first-order chi connectivity index (χ1) is 17.4. The van der Waals surface area contributed by atoms with Crippen LogP contribution in [0, 0.1) is 5.82 Å². The Kier molecular flexibility index (Phi) is 6.67. The number of benzene rings is 3. The number of imidazole rings is 1. The third kappa shape index (κ3) is 4.67. The van der Waals surface area contributed by atoms with Gasteiger partial charge in [0.05, 0.1) is 12.8 Å². The van der Waals surface area contributed by atoms with Crippen LogP contribution in [0.15, 0.2) is 73.1 Å². The molecule has 0 saturated carbocycles. The fourth-order valence-electron chi connectivity index (χ4n) is 4.80. The summed E-state index contributed by atoms with van der Waals surface area (Å²) in [6.45, 7) is 1.14. The summed E-state index contributed by atoms with van der Waals surface area (Å²) in [6, 6.07) is 20.4. The number of nitrogens with zero attached hydrogens (tertiary/aromatic N) is 3. The number of Topliss-reactive ketones (excluding diaryl/α,β-unsaturated/α-hetero) is 1. The highest BCUT2D eigenvalue weighted by Gasteiger charge is 2.29. The number of halogens is 1. The van der Waals surface area contributed by atoms with Gasteiger partial charge in [-0.1, -0.05) is 36.4 Å². The molecular weight excluding hydrogens is 455 g/mol. The van der Waals surface area contributed by atoms with Gasteiger partial charge in [0.2, 0.25) is 0 Å². The van der Waals surface area contributed by atoms with Crippen LogP contribution in [0.2, 0.25) is 0 Å². The van der Waals surface area contributed by atoms with E-state index in [9.17, 15) is 4.79 Å². The number of hydrogen-bond donors (Lipinski definition) is 1. The summed E-state index contributed by atoms with van der Waals surface area (Å²) in [4.78, 5) is 19.9. The van der Waals surface area contributed by atoms with Crippen molar-refractivity contribution in [2.24, 2.45) is 0 Å². The summed E-state index contributed by atoms with van der Waals surface area (Å²) in [6.07, 6.45) is 1.80. The van der Waals surface area contributed by atoms with Gasteiger partial charge in [0.15, 0.2) is 5.78 Å². The van der Waals surface area contributed by atoms with E-state index < -0.39 is 6.04 Å². The molecule has 36 heavy (non-hydrogen) atoms. The van der Waals surface area contributed by atoms with E-state index in [0.717, 1.165) is 34.7 Å². The van der Waals surface area contributed by atoms with Gasteiger partial charge in [-0.15, -0.1) is 0 Å². The number of nitrogens with one attached hydrogen (secondary N) is 1. The molecule has 0 radical (unpaired) electrons. The van der Waals surface area contributed by atoms with Crippen LogP contribution in [-0.4, -0.2) is 41.4 Å². The average Bonchev–Trinajstić information content (AvgIpc) is 3.23. The van der Waals surface area contributed by atoms with Gasteiger partial charge in [-0.25, -0.2) is 9.37 Å². The predicted octanol–water partition coefficient (Wildman–Crippen LogP) is 5.17. The second-order valence-corrected chi connectivity index (χ2v) is 9.30. The van der Waals surface area contributed by atoms with Crippen molar-refractivity contribution >= 4 is 5.78 Å². The molecule has 2 heterocycles. The molecule has 0 bridgehead atoms. The molecular formula is C29H29FN4O2. The molecule has 0 saturated heterocycles. The summed E-state index contributed by atoms with van der Waals surface area (Å²) in [5, 5.41) is 3.34. The minimum atomic E-state index is -0.443. The monoisotopic (exact) mass is 484 g/mol. The number of hydrogen-bond acceptors (Lipinski definition) is 5. The number of ketones is 1. The first-order valence-corrected chi connectivity index (χ1v) is 11.9. The maximum absolute atomic E-state index is 15.5. The lowest BCUT2D eigenvalue weighted by atomic mass is 9.95. The zero-order chi connectivity index (χ0) is 25.2. The number of carbonyl (C=O) groups is 1. The third-order valence-corrected chi connectivity index (χ3v) is 6.55. The predicted molar refractivity (Wildman–Crippen MR) is 138 cm³/mol. The third-order valence-electron chi connectivity index (χ3n) is 6.55.